The topological polar surface area (TPSA) is 116 Å². The second-order valence-electron chi connectivity index (χ2n) is 6.38. The number of furan rings is 1. The predicted molar refractivity (Wildman–Crippen MR) is 99.8 cm³/mol. The third kappa shape index (κ3) is 3.12. The van der Waals surface area contributed by atoms with Crippen molar-refractivity contribution in [1.82, 2.24) is 24.3 Å². The molecule has 1 aromatic carbocycles. The van der Waals surface area contributed by atoms with Gasteiger partial charge in [0.05, 0.1) is 13.0 Å². The van der Waals surface area contributed by atoms with E-state index < -0.39 is 11.2 Å². The van der Waals surface area contributed by atoms with Gasteiger partial charge in [-0.15, -0.1) is 0 Å². The number of fused-ring (bicyclic) bond motifs is 1. The van der Waals surface area contributed by atoms with Crippen LogP contribution >= 0.6 is 0 Å². The van der Waals surface area contributed by atoms with E-state index in [4.69, 9.17) is 4.42 Å². The molecule has 0 saturated carbocycles. The maximum atomic E-state index is 12.3. The van der Waals surface area contributed by atoms with Gasteiger partial charge in [0.1, 0.15) is 11.5 Å². The minimum absolute atomic E-state index is 0.0447. The molecule has 0 saturated heterocycles. The molecule has 0 unspecified atom stereocenters. The Morgan fingerprint density at radius 3 is 2.71 bits per heavy atom. The number of aryl methyl sites for hydroxylation is 1. The van der Waals surface area contributed by atoms with Gasteiger partial charge in [-0.3, -0.25) is 9.36 Å². The minimum Gasteiger partial charge on any atom is -0.461 e. The minimum atomic E-state index is -0.648. The summed E-state index contributed by atoms with van der Waals surface area (Å²) in [6.45, 7) is -0.0447. The van der Waals surface area contributed by atoms with Gasteiger partial charge in [0.2, 0.25) is 0 Å². The van der Waals surface area contributed by atoms with Crippen LogP contribution in [0.15, 0.2) is 50.4 Å². The standard InChI is InChI=1S/C19H17N5O4/c1-23-18(26)16-17(21-19(23)27)24(2)22-15(20-16)9-13-6-7-14(28-13)12-5-3-4-11(8-12)10-25/h3-8,25H,9-10H2,1-2H3. The molecule has 4 rings (SSSR count). The average molecular weight is 379 g/mol. The molecule has 0 fully saturated rings. The smallest absolute Gasteiger partial charge is 0.352 e. The highest BCUT2D eigenvalue weighted by Gasteiger charge is 2.19. The number of hydrogen-bond donors (Lipinski definition) is 1. The van der Waals surface area contributed by atoms with Crippen molar-refractivity contribution < 1.29 is 9.52 Å². The summed E-state index contributed by atoms with van der Waals surface area (Å²) in [5, 5.41) is 13.6. The normalized spacial score (nSPS) is 11.2. The molecular weight excluding hydrogens is 362 g/mol. The van der Waals surface area contributed by atoms with Gasteiger partial charge in [-0.2, -0.15) is 10.1 Å². The van der Waals surface area contributed by atoms with Gasteiger partial charge in [-0.1, -0.05) is 18.2 Å². The van der Waals surface area contributed by atoms with Crippen molar-refractivity contribution in [3.8, 4) is 22.8 Å². The Balaban J connectivity index is 1.69. The molecule has 2 aliphatic rings. The first-order valence-electron chi connectivity index (χ1n) is 8.56. The first kappa shape index (κ1) is 17.8. The van der Waals surface area contributed by atoms with Crippen LogP contribution < -0.4 is 11.2 Å². The van der Waals surface area contributed by atoms with Crippen LogP contribution in [0, 0.1) is 0 Å². The molecule has 3 heterocycles. The van der Waals surface area contributed by atoms with Gasteiger partial charge in [-0.25, -0.2) is 14.5 Å². The van der Waals surface area contributed by atoms with Gasteiger partial charge in [0.25, 0.3) is 5.56 Å². The zero-order valence-corrected chi connectivity index (χ0v) is 15.3. The Hall–Kier alpha value is -3.59. The summed E-state index contributed by atoms with van der Waals surface area (Å²) in [5.41, 5.74) is 0.558. The summed E-state index contributed by atoms with van der Waals surface area (Å²) in [6.07, 6.45) is 0.270. The maximum absolute atomic E-state index is 12.3. The van der Waals surface area contributed by atoms with E-state index in [9.17, 15) is 14.7 Å². The number of hydrogen-bond acceptors (Lipinski definition) is 7. The van der Waals surface area contributed by atoms with Gasteiger partial charge in [-0.05, 0) is 23.8 Å². The Morgan fingerprint density at radius 1 is 1.11 bits per heavy atom. The molecular formula is C19H17N5O4. The van der Waals surface area contributed by atoms with Gasteiger partial charge in [0, 0.05) is 19.7 Å². The molecule has 2 aromatic rings. The number of aliphatic hydroxyl groups is 1. The second kappa shape index (κ2) is 6.86. The zero-order chi connectivity index (χ0) is 19.8. The third-order valence-electron chi connectivity index (χ3n) is 4.41. The van der Waals surface area contributed by atoms with Gasteiger partial charge < -0.3 is 9.52 Å². The van der Waals surface area contributed by atoms with Crippen molar-refractivity contribution >= 4 is 0 Å². The Bertz CT molecular complexity index is 1250. The van der Waals surface area contributed by atoms with E-state index in [1.54, 1.807) is 7.05 Å². The van der Waals surface area contributed by atoms with E-state index in [1.165, 1.54) is 11.7 Å². The summed E-state index contributed by atoms with van der Waals surface area (Å²) < 4.78 is 8.16. The van der Waals surface area contributed by atoms with Crippen molar-refractivity contribution in [1.29, 1.82) is 0 Å². The average Bonchev–Trinajstić information content (AvgIpc) is 3.16. The first-order chi connectivity index (χ1) is 13.5. The second-order valence-corrected chi connectivity index (χ2v) is 6.38. The van der Waals surface area contributed by atoms with E-state index in [0.29, 0.717) is 17.3 Å². The van der Waals surface area contributed by atoms with Crippen molar-refractivity contribution in [3.05, 3.63) is 74.4 Å². The first-order valence-corrected chi connectivity index (χ1v) is 8.56. The van der Waals surface area contributed by atoms with Crippen LogP contribution in [0.2, 0.25) is 0 Å². The number of nitrogens with zero attached hydrogens (tertiary/aromatic N) is 5. The van der Waals surface area contributed by atoms with Crippen LogP contribution in [-0.4, -0.2) is 29.4 Å². The summed E-state index contributed by atoms with van der Waals surface area (Å²) >= 11 is 0. The third-order valence-corrected chi connectivity index (χ3v) is 4.41. The number of aromatic nitrogens is 5. The van der Waals surface area contributed by atoms with Gasteiger partial charge >= 0.3 is 5.69 Å². The highest BCUT2D eigenvalue weighted by Crippen LogP contribution is 2.24. The molecule has 1 aromatic heterocycles. The van der Waals surface area contributed by atoms with Crippen molar-refractivity contribution in [2.75, 3.05) is 0 Å². The zero-order valence-electron chi connectivity index (χ0n) is 15.3. The molecule has 9 heteroatoms. The molecule has 142 valence electrons. The Kier molecular flexibility index (Phi) is 4.36. The molecule has 0 bridgehead atoms. The lowest BCUT2D eigenvalue weighted by molar-refractivity contribution is 0.282. The van der Waals surface area contributed by atoms with E-state index in [1.807, 2.05) is 36.4 Å². The fourth-order valence-corrected chi connectivity index (χ4v) is 2.94. The highest BCUT2D eigenvalue weighted by atomic mass is 16.3. The predicted octanol–water partition coefficient (Wildman–Crippen LogP) is 0.717. The van der Waals surface area contributed by atoms with Crippen LogP contribution in [0.25, 0.3) is 22.8 Å². The molecule has 9 nitrogen and oxygen atoms in total. The lowest BCUT2D eigenvalue weighted by atomic mass is 10.1. The summed E-state index contributed by atoms with van der Waals surface area (Å²) in [7, 11) is 2.96. The molecule has 0 atom stereocenters. The quantitative estimate of drug-likeness (QED) is 0.555. The number of benzene rings is 1. The van der Waals surface area contributed by atoms with Crippen molar-refractivity contribution in [2.24, 2.45) is 14.1 Å². The monoisotopic (exact) mass is 379 g/mol. The summed E-state index contributed by atoms with van der Waals surface area (Å²) in [6, 6.07) is 11.1. The van der Waals surface area contributed by atoms with Crippen LogP contribution in [0.5, 0.6) is 0 Å². The largest absolute Gasteiger partial charge is 0.461 e. The van der Waals surface area contributed by atoms with Gasteiger partial charge in [0.15, 0.2) is 17.3 Å². The van der Waals surface area contributed by atoms with Crippen LogP contribution in [0.4, 0.5) is 0 Å². The fraction of sp³-hybridized carbons (Fsp3) is 0.211. The van der Waals surface area contributed by atoms with Crippen LogP contribution in [-0.2, 0) is 27.1 Å². The number of rotatable bonds is 4. The van der Waals surface area contributed by atoms with Crippen molar-refractivity contribution in [3.63, 3.8) is 0 Å². The molecule has 28 heavy (non-hydrogen) atoms. The van der Waals surface area contributed by atoms with Crippen LogP contribution in [0.3, 0.4) is 0 Å². The molecule has 0 spiro atoms. The summed E-state index contributed by atoms with van der Waals surface area (Å²) in [5.74, 6) is 1.79. The maximum Gasteiger partial charge on any atom is 0.352 e. The van der Waals surface area contributed by atoms with Crippen molar-refractivity contribution in [2.45, 2.75) is 13.0 Å². The van der Waals surface area contributed by atoms with Crippen LogP contribution in [0.1, 0.15) is 17.1 Å². The van der Waals surface area contributed by atoms with E-state index in [0.717, 1.165) is 15.7 Å². The number of aliphatic hydroxyl groups excluding tert-OH is 1. The van der Waals surface area contributed by atoms with E-state index in [-0.39, 0.29) is 24.5 Å². The lowest BCUT2D eigenvalue weighted by Gasteiger charge is -2.10. The Labute approximate surface area is 158 Å². The summed E-state index contributed by atoms with van der Waals surface area (Å²) in [4.78, 5) is 32.2. The fourth-order valence-electron chi connectivity index (χ4n) is 2.94. The lowest BCUT2D eigenvalue weighted by Crippen LogP contribution is -2.37. The highest BCUT2D eigenvalue weighted by molar-refractivity contribution is 5.58. The molecule has 0 amide bonds. The Morgan fingerprint density at radius 2 is 1.93 bits per heavy atom. The molecule has 0 aliphatic carbocycles. The SMILES string of the molecule is Cn1nc(Cc2ccc(-c3cccc(CO)c3)o2)nc2c(=O)n(C)c(=O)nc1-2. The molecule has 2 aliphatic heterocycles. The molecule has 0 radical (unpaired) electrons. The molecule has 1 N–H and O–H groups in total. The van der Waals surface area contributed by atoms with E-state index >= 15 is 0 Å². The van der Waals surface area contributed by atoms with E-state index in [2.05, 4.69) is 15.1 Å².